The second-order valence-electron chi connectivity index (χ2n) is 5.40. The molecule has 17 heavy (non-hydrogen) atoms. The monoisotopic (exact) mass is 232 g/mol. The second-order valence-corrected chi connectivity index (χ2v) is 5.40. The molecule has 2 N–H and O–H groups in total. The number of hydrogen-bond acceptors (Lipinski definition) is 3. The Balaban J connectivity index is 1.57. The fourth-order valence-corrected chi connectivity index (χ4v) is 2.63. The molecule has 3 rings (SSSR count). The quantitative estimate of drug-likeness (QED) is 0.850. The van der Waals surface area contributed by atoms with Crippen molar-refractivity contribution in [1.29, 1.82) is 0 Å². The van der Waals surface area contributed by atoms with Gasteiger partial charge in [0.1, 0.15) is 0 Å². The summed E-state index contributed by atoms with van der Waals surface area (Å²) in [6, 6.07) is 8.75. The van der Waals surface area contributed by atoms with Gasteiger partial charge in [0.25, 0.3) is 0 Å². The average Bonchev–Trinajstić information content (AvgIpc) is 2.34. The van der Waals surface area contributed by atoms with Crippen molar-refractivity contribution in [2.75, 3.05) is 26.3 Å². The first-order valence-corrected chi connectivity index (χ1v) is 6.41. The Bertz CT molecular complexity index is 401. The van der Waals surface area contributed by atoms with E-state index in [9.17, 15) is 0 Å². The minimum atomic E-state index is -0.0447. The molecule has 0 atom stereocenters. The van der Waals surface area contributed by atoms with Gasteiger partial charge in [-0.15, -0.1) is 0 Å². The number of ether oxygens (including phenoxy) is 1. The molecule has 2 aliphatic heterocycles. The summed E-state index contributed by atoms with van der Waals surface area (Å²) >= 11 is 0. The van der Waals surface area contributed by atoms with Gasteiger partial charge in [-0.3, -0.25) is 4.90 Å². The number of benzene rings is 1. The number of nitrogens with zero attached hydrogens (tertiary/aromatic N) is 1. The van der Waals surface area contributed by atoms with E-state index in [0.717, 1.165) is 39.3 Å². The SMILES string of the molecule is NC1(CCN2CCc3ccccc3C2)COC1. The smallest absolute Gasteiger partial charge is 0.0670 e. The third-order valence-electron chi connectivity index (χ3n) is 3.91. The van der Waals surface area contributed by atoms with Crippen LogP contribution in [-0.4, -0.2) is 36.7 Å². The highest BCUT2D eigenvalue weighted by Gasteiger charge is 2.34. The van der Waals surface area contributed by atoms with Gasteiger partial charge in [-0.1, -0.05) is 24.3 Å². The zero-order valence-electron chi connectivity index (χ0n) is 10.2. The molecule has 0 spiro atoms. The van der Waals surface area contributed by atoms with Crippen LogP contribution in [-0.2, 0) is 17.7 Å². The lowest BCUT2D eigenvalue weighted by Crippen LogP contribution is -2.58. The molecule has 1 aromatic rings. The Labute approximate surface area is 103 Å². The Morgan fingerprint density at radius 2 is 2.00 bits per heavy atom. The maximum Gasteiger partial charge on any atom is 0.0670 e. The standard InChI is InChI=1S/C14H20N2O/c15-14(10-17-11-14)6-8-16-7-5-12-3-1-2-4-13(12)9-16/h1-4H,5-11,15H2. The van der Waals surface area contributed by atoms with Crippen LogP contribution >= 0.6 is 0 Å². The van der Waals surface area contributed by atoms with Gasteiger partial charge < -0.3 is 10.5 Å². The normalized spacial score (nSPS) is 22.9. The molecule has 0 bridgehead atoms. The first-order chi connectivity index (χ1) is 8.25. The van der Waals surface area contributed by atoms with E-state index in [0.29, 0.717) is 0 Å². The van der Waals surface area contributed by atoms with Crippen LogP contribution in [0.5, 0.6) is 0 Å². The molecule has 2 heterocycles. The Morgan fingerprint density at radius 3 is 2.71 bits per heavy atom. The highest BCUT2D eigenvalue weighted by molar-refractivity contribution is 5.29. The molecule has 3 nitrogen and oxygen atoms in total. The summed E-state index contributed by atoms with van der Waals surface area (Å²) in [7, 11) is 0. The summed E-state index contributed by atoms with van der Waals surface area (Å²) in [6.45, 7) is 4.80. The van der Waals surface area contributed by atoms with Crippen molar-refractivity contribution in [3.63, 3.8) is 0 Å². The first kappa shape index (κ1) is 11.2. The molecule has 0 aliphatic carbocycles. The molecule has 0 aromatic heterocycles. The second kappa shape index (κ2) is 4.41. The lowest BCUT2D eigenvalue weighted by molar-refractivity contribution is -0.0609. The van der Waals surface area contributed by atoms with Crippen LogP contribution in [0.4, 0.5) is 0 Å². The van der Waals surface area contributed by atoms with Gasteiger partial charge in [-0.25, -0.2) is 0 Å². The Hall–Kier alpha value is -0.900. The van der Waals surface area contributed by atoms with Crippen LogP contribution in [0.1, 0.15) is 17.5 Å². The Kier molecular flexibility index (Phi) is 2.90. The van der Waals surface area contributed by atoms with Crippen LogP contribution in [0.3, 0.4) is 0 Å². The third-order valence-corrected chi connectivity index (χ3v) is 3.91. The van der Waals surface area contributed by atoms with Gasteiger partial charge in [0.2, 0.25) is 0 Å². The summed E-state index contributed by atoms with van der Waals surface area (Å²) in [6.07, 6.45) is 2.22. The van der Waals surface area contributed by atoms with Crippen LogP contribution < -0.4 is 5.73 Å². The van der Waals surface area contributed by atoms with Gasteiger partial charge in [0.05, 0.1) is 18.8 Å². The lowest BCUT2D eigenvalue weighted by atomic mass is 9.93. The molecule has 92 valence electrons. The third kappa shape index (κ3) is 2.37. The zero-order chi connectivity index (χ0) is 11.7. The molecule has 0 radical (unpaired) electrons. The molecule has 1 fully saturated rings. The van der Waals surface area contributed by atoms with Gasteiger partial charge in [0, 0.05) is 19.6 Å². The molecule has 0 amide bonds. The fraction of sp³-hybridized carbons (Fsp3) is 0.571. The Morgan fingerprint density at radius 1 is 1.24 bits per heavy atom. The topological polar surface area (TPSA) is 38.5 Å². The maximum absolute atomic E-state index is 6.16. The van der Waals surface area contributed by atoms with E-state index >= 15 is 0 Å². The minimum absolute atomic E-state index is 0.0447. The zero-order valence-corrected chi connectivity index (χ0v) is 10.2. The largest absolute Gasteiger partial charge is 0.377 e. The van der Waals surface area contributed by atoms with Crippen molar-refractivity contribution in [3.8, 4) is 0 Å². The van der Waals surface area contributed by atoms with Crippen molar-refractivity contribution in [1.82, 2.24) is 4.90 Å². The van der Waals surface area contributed by atoms with Crippen molar-refractivity contribution < 1.29 is 4.74 Å². The number of nitrogens with two attached hydrogens (primary N) is 1. The summed E-state index contributed by atoms with van der Waals surface area (Å²) in [4.78, 5) is 2.51. The molecule has 1 saturated heterocycles. The molecule has 1 aromatic carbocycles. The van der Waals surface area contributed by atoms with Crippen LogP contribution in [0.2, 0.25) is 0 Å². The van der Waals surface area contributed by atoms with Gasteiger partial charge >= 0.3 is 0 Å². The molecule has 0 saturated carbocycles. The summed E-state index contributed by atoms with van der Waals surface area (Å²) < 4.78 is 5.19. The van der Waals surface area contributed by atoms with E-state index in [1.165, 1.54) is 17.5 Å². The van der Waals surface area contributed by atoms with Gasteiger partial charge in [-0.05, 0) is 24.0 Å². The van der Waals surface area contributed by atoms with Crippen molar-refractivity contribution in [3.05, 3.63) is 35.4 Å². The predicted molar refractivity (Wildman–Crippen MR) is 67.8 cm³/mol. The fourth-order valence-electron chi connectivity index (χ4n) is 2.63. The van der Waals surface area contributed by atoms with Crippen LogP contribution in [0.25, 0.3) is 0 Å². The van der Waals surface area contributed by atoms with E-state index in [1.54, 1.807) is 0 Å². The van der Waals surface area contributed by atoms with Crippen molar-refractivity contribution in [2.24, 2.45) is 5.73 Å². The summed E-state index contributed by atoms with van der Waals surface area (Å²) in [5, 5.41) is 0. The highest BCUT2D eigenvalue weighted by Crippen LogP contribution is 2.22. The molecular weight excluding hydrogens is 212 g/mol. The molecule has 0 unspecified atom stereocenters. The summed E-state index contributed by atoms with van der Waals surface area (Å²) in [5.74, 6) is 0. The summed E-state index contributed by atoms with van der Waals surface area (Å²) in [5.41, 5.74) is 9.11. The van der Waals surface area contributed by atoms with Crippen molar-refractivity contribution >= 4 is 0 Å². The molecule has 2 aliphatic rings. The van der Waals surface area contributed by atoms with E-state index < -0.39 is 0 Å². The van der Waals surface area contributed by atoms with Gasteiger partial charge in [-0.2, -0.15) is 0 Å². The number of hydrogen-bond donors (Lipinski definition) is 1. The number of fused-ring (bicyclic) bond motifs is 1. The van der Waals surface area contributed by atoms with E-state index in [-0.39, 0.29) is 5.54 Å². The van der Waals surface area contributed by atoms with Gasteiger partial charge in [0.15, 0.2) is 0 Å². The van der Waals surface area contributed by atoms with E-state index in [1.807, 2.05) is 0 Å². The maximum atomic E-state index is 6.16. The van der Waals surface area contributed by atoms with Crippen LogP contribution in [0.15, 0.2) is 24.3 Å². The first-order valence-electron chi connectivity index (χ1n) is 6.41. The highest BCUT2D eigenvalue weighted by atomic mass is 16.5. The number of rotatable bonds is 3. The minimum Gasteiger partial charge on any atom is -0.377 e. The lowest BCUT2D eigenvalue weighted by Gasteiger charge is -2.40. The average molecular weight is 232 g/mol. The van der Waals surface area contributed by atoms with Crippen molar-refractivity contribution in [2.45, 2.75) is 24.9 Å². The molecular formula is C14H20N2O. The van der Waals surface area contributed by atoms with Crippen LogP contribution in [0, 0.1) is 0 Å². The van der Waals surface area contributed by atoms with E-state index in [2.05, 4.69) is 29.2 Å². The van der Waals surface area contributed by atoms with E-state index in [4.69, 9.17) is 10.5 Å². The predicted octanol–water partition coefficient (Wildman–Crippen LogP) is 1.16. The molecule has 3 heteroatoms.